The van der Waals surface area contributed by atoms with Gasteiger partial charge in [0.05, 0.1) is 6.61 Å². The lowest BCUT2D eigenvalue weighted by molar-refractivity contribution is -0.118. The van der Waals surface area contributed by atoms with Crippen LogP contribution in [0.2, 0.25) is 0 Å². The van der Waals surface area contributed by atoms with Crippen LogP contribution in [0.15, 0.2) is 0 Å². The molecule has 0 saturated carbocycles. The molecule has 0 radical (unpaired) electrons. The number of hydrogen-bond donors (Lipinski definition) is 1. The minimum Gasteiger partial charge on any atom is -0.395 e. The second-order valence-electron chi connectivity index (χ2n) is 3.02. The fourth-order valence-electron chi connectivity index (χ4n) is 0.936. The third-order valence-corrected chi connectivity index (χ3v) is 1.59. The van der Waals surface area contributed by atoms with Crippen molar-refractivity contribution in [3.63, 3.8) is 0 Å². The largest absolute Gasteiger partial charge is 0.395 e. The summed E-state index contributed by atoms with van der Waals surface area (Å²) in [6.45, 7) is 2.18. The van der Waals surface area contributed by atoms with E-state index in [4.69, 9.17) is 5.11 Å². The van der Waals surface area contributed by atoms with E-state index in [1.54, 1.807) is 4.90 Å². The molecule has 0 aromatic rings. The van der Waals surface area contributed by atoms with Gasteiger partial charge in [-0.25, -0.2) is 0 Å². The number of carbonyl (C=O) groups is 1. The van der Waals surface area contributed by atoms with Crippen LogP contribution in [0.4, 0.5) is 0 Å². The first-order valence-electron chi connectivity index (χ1n) is 4.15. The summed E-state index contributed by atoms with van der Waals surface area (Å²) in [5, 5.41) is 8.57. The first-order valence-corrected chi connectivity index (χ1v) is 4.15. The molecule has 0 spiro atoms. The lowest BCUT2D eigenvalue weighted by atomic mass is 10.4. The Morgan fingerprint density at radius 3 is 2.33 bits per heavy atom. The van der Waals surface area contributed by atoms with Gasteiger partial charge in [0.2, 0.25) is 6.41 Å². The summed E-state index contributed by atoms with van der Waals surface area (Å²) < 4.78 is 0. The number of rotatable bonds is 7. The summed E-state index contributed by atoms with van der Waals surface area (Å²) in [4.78, 5) is 14.0. The van der Waals surface area contributed by atoms with Crippen molar-refractivity contribution in [1.82, 2.24) is 9.80 Å². The number of aliphatic hydroxyl groups is 1. The summed E-state index contributed by atoms with van der Waals surface area (Å²) in [5.41, 5.74) is 0. The molecule has 0 unspecified atom stereocenters. The Morgan fingerprint density at radius 1 is 1.25 bits per heavy atom. The van der Waals surface area contributed by atoms with E-state index in [2.05, 4.69) is 4.90 Å². The van der Waals surface area contributed by atoms with Crippen molar-refractivity contribution in [3.05, 3.63) is 0 Å². The molecule has 0 aliphatic rings. The van der Waals surface area contributed by atoms with E-state index in [9.17, 15) is 4.79 Å². The highest BCUT2D eigenvalue weighted by molar-refractivity contribution is 5.46. The summed E-state index contributed by atoms with van der Waals surface area (Å²) >= 11 is 0. The molecular formula is C8H18N2O2. The van der Waals surface area contributed by atoms with Gasteiger partial charge < -0.3 is 14.9 Å². The first kappa shape index (κ1) is 11.4. The van der Waals surface area contributed by atoms with Gasteiger partial charge in [-0.05, 0) is 27.1 Å². The van der Waals surface area contributed by atoms with E-state index in [1.165, 1.54) is 0 Å². The zero-order chi connectivity index (χ0) is 9.40. The number of aliphatic hydroxyl groups excluding tert-OH is 1. The van der Waals surface area contributed by atoms with Gasteiger partial charge in [-0.2, -0.15) is 0 Å². The van der Waals surface area contributed by atoms with E-state index in [0.717, 1.165) is 25.9 Å². The highest BCUT2D eigenvalue weighted by Crippen LogP contribution is 1.88. The summed E-state index contributed by atoms with van der Waals surface area (Å²) in [7, 11) is 3.99. The van der Waals surface area contributed by atoms with Gasteiger partial charge in [0.15, 0.2) is 0 Å². The third-order valence-electron chi connectivity index (χ3n) is 1.59. The lowest BCUT2D eigenvalue weighted by Gasteiger charge is -2.17. The molecule has 1 N–H and O–H groups in total. The molecule has 0 saturated heterocycles. The van der Waals surface area contributed by atoms with Gasteiger partial charge in [0.25, 0.3) is 0 Å². The Bertz CT molecular complexity index is 118. The van der Waals surface area contributed by atoms with Gasteiger partial charge in [-0.1, -0.05) is 0 Å². The van der Waals surface area contributed by atoms with Crippen LogP contribution < -0.4 is 0 Å². The SMILES string of the molecule is CN(C)CCCN(C=O)CCO. The minimum absolute atomic E-state index is 0.0424. The number of carbonyl (C=O) groups excluding carboxylic acids is 1. The topological polar surface area (TPSA) is 43.8 Å². The molecule has 1 amide bonds. The van der Waals surface area contributed by atoms with Crippen LogP contribution in [0.1, 0.15) is 6.42 Å². The standard InChI is InChI=1S/C8H18N2O2/c1-9(2)4-3-5-10(8-12)6-7-11/h8,11H,3-7H2,1-2H3. The number of amides is 1. The zero-order valence-corrected chi connectivity index (χ0v) is 7.86. The molecular weight excluding hydrogens is 156 g/mol. The third kappa shape index (κ3) is 6.12. The number of hydrogen-bond acceptors (Lipinski definition) is 3. The molecule has 4 heteroatoms. The van der Waals surface area contributed by atoms with E-state index in [0.29, 0.717) is 6.54 Å². The van der Waals surface area contributed by atoms with Gasteiger partial charge in [-0.3, -0.25) is 4.79 Å². The van der Waals surface area contributed by atoms with Crippen molar-refractivity contribution in [1.29, 1.82) is 0 Å². The normalized spacial score (nSPS) is 10.3. The van der Waals surface area contributed by atoms with Crippen LogP contribution in [-0.2, 0) is 4.79 Å². The van der Waals surface area contributed by atoms with Crippen LogP contribution in [0.25, 0.3) is 0 Å². The van der Waals surface area contributed by atoms with Crippen LogP contribution in [0.3, 0.4) is 0 Å². The smallest absolute Gasteiger partial charge is 0.209 e. The molecule has 0 aliphatic heterocycles. The Hall–Kier alpha value is -0.610. The predicted octanol–water partition coefficient (Wildman–Crippen LogP) is -0.611. The van der Waals surface area contributed by atoms with Gasteiger partial charge in [-0.15, -0.1) is 0 Å². The van der Waals surface area contributed by atoms with Crippen molar-refractivity contribution in [3.8, 4) is 0 Å². The van der Waals surface area contributed by atoms with Gasteiger partial charge in [0, 0.05) is 13.1 Å². The van der Waals surface area contributed by atoms with Gasteiger partial charge in [0.1, 0.15) is 0 Å². The Morgan fingerprint density at radius 2 is 1.92 bits per heavy atom. The Kier molecular flexibility index (Phi) is 6.70. The van der Waals surface area contributed by atoms with E-state index >= 15 is 0 Å². The molecule has 0 aromatic heterocycles. The minimum atomic E-state index is 0.0424. The van der Waals surface area contributed by atoms with Gasteiger partial charge >= 0.3 is 0 Å². The maximum Gasteiger partial charge on any atom is 0.209 e. The molecule has 0 bridgehead atoms. The molecule has 0 rings (SSSR count). The summed E-state index contributed by atoms with van der Waals surface area (Å²) in [6, 6.07) is 0. The molecule has 0 fully saturated rings. The first-order chi connectivity index (χ1) is 5.70. The van der Waals surface area contributed by atoms with Crippen molar-refractivity contribution < 1.29 is 9.90 Å². The van der Waals surface area contributed by atoms with Crippen molar-refractivity contribution >= 4 is 6.41 Å². The van der Waals surface area contributed by atoms with Crippen molar-refractivity contribution in [2.24, 2.45) is 0 Å². The van der Waals surface area contributed by atoms with Crippen molar-refractivity contribution in [2.45, 2.75) is 6.42 Å². The Labute approximate surface area is 73.8 Å². The molecule has 4 nitrogen and oxygen atoms in total. The molecule has 0 aromatic carbocycles. The maximum absolute atomic E-state index is 10.4. The Balaban J connectivity index is 3.37. The van der Waals surface area contributed by atoms with E-state index < -0.39 is 0 Å². The highest BCUT2D eigenvalue weighted by atomic mass is 16.3. The van der Waals surface area contributed by atoms with Crippen molar-refractivity contribution in [2.75, 3.05) is 40.3 Å². The second kappa shape index (κ2) is 7.06. The van der Waals surface area contributed by atoms with Crippen LogP contribution in [-0.4, -0.2) is 61.7 Å². The molecule has 72 valence electrons. The van der Waals surface area contributed by atoms with Crippen LogP contribution >= 0.6 is 0 Å². The van der Waals surface area contributed by atoms with E-state index in [1.807, 2.05) is 14.1 Å². The van der Waals surface area contributed by atoms with Crippen LogP contribution in [0, 0.1) is 0 Å². The summed E-state index contributed by atoms with van der Waals surface area (Å²) in [6.07, 6.45) is 1.73. The average Bonchev–Trinajstić information content (AvgIpc) is 2.02. The second-order valence-corrected chi connectivity index (χ2v) is 3.02. The zero-order valence-electron chi connectivity index (χ0n) is 7.86. The lowest BCUT2D eigenvalue weighted by Crippen LogP contribution is -2.28. The monoisotopic (exact) mass is 174 g/mol. The molecule has 0 atom stereocenters. The van der Waals surface area contributed by atoms with E-state index in [-0.39, 0.29) is 6.61 Å². The quantitative estimate of drug-likeness (QED) is 0.524. The molecule has 0 heterocycles. The fourth-order valence-corrected chi connectivity index (χ4v) is 0.936. The molecule has 0 aliphatic carbocycles. The number of nitrogens with zero attached hydrogens (tertiary/aromatic N) is 2. The fraction of sp³-hybridized carbons (Fsp3) is 0.875. The summed E-state index contributed by atoms with van der Waals surface area (Å²) in [5.74, 6) is 0. The van der Waals surface area contributed by atoms with Crippen LogP contribution in [0.5, 0.6) is 0 Å². The maximum atomic E-state index is 10.4. The highest BCUT2D eigenvalue weighted by Gasteiger charge is 1.99. The molecule has 12 heavy (non-hydrogen) atoms. The average molecular weight is 174 g/mol. The predicted molar refractivity (Wildman–Crippen MR) is 47.9 cm³/mol.